The monoisotopic (exact) mass is 388 g/mol. The summed E-state index contributed by atoms with van der Waals surface area (Å²) in [5, 5.41) is 7.65. The van der Waals surface area contributed by atoms with Gasteiger partial charge in [-0.2, -0.15) is 10.1 Å². The smallest absolute Gasteiger partial charge is 0.273 e. The minimum absolute atomic E-state index is 0.281. The van der Waals surface area contributed by atoms with E-state index in [2.05, 4.69) is 10.4 Å². The molecular weight excluding hydrogens is 372 g/mol. The number of para-hydroxylation sites is 2. The van der Waals surface area contributed by atoms with Gasteiger partial charge in [0.05, 0.1) is 23.0 Å². The molecule has 1 N–H and O–H groups in total. The molecule has 2 aliphatic rings. The van der Waals surface area contributed by atoms with Crippen molar-refractivity contribution < 1.29 is 19.2 Å². The number of rotatable bonds is 3. The van der Waals surface area contributed by atoms with E-state index >= 15 is 0 Å². The number of anilines is 2. The average molecular weight is 388 g/mol. The molecule has 0 aliphatic carbocycles. The fourth-order valence-electron chi connectivity index (χ4n) is 3.18. The zero-order chi connectivity index (χ0) is 20.5. The largest absolute Gasteiger partial charge is 0.335 e. The van der Waals surface area contributed by atoms with Gasteiger partial charge in [-0.3, -0.25) is 19.7 Å². The zero-order valence-corrected chi connectivity index (χ0v) is 15.4. The highest BCUT2D eigenvalue weighted by Crippen LogP contribution is 2.27. The Balaban J connectivity index is 1.67. The van der Waals surface area contributed by atoms with Gasteiger partial charge in [-0.1, -0.05) is 36.4 Å². The molecule has 8 nitrogen and oxygen atoms in total. The maximum atomic E-state index is 12.9. The molecule has 29 heavy (non-hydrogen) atoms. The number of carbonyl (C=O) groups is 4. The number of hydrazone groups is 1. The summed E-state index contributed by atoms with van der Waals surface area (Å²) in [4.78, 5) is 51.2. The first-order chi connectivity index (χ1) is 14.0. The zero-order valence-electron chi connectivity index (χ0n) is 15.4. The maximum absolute atomic E-state index is 12.9. The molecule has 0 unspecified atom stereocenters. The third-order valence-corrected chi connectivity index (χ3v) is 4.63. The van der Waals surface area contributed by atoms with Crippen LogP contribution in [0, 0.1) is 5.92 Å². The standard InChI is InChI=1S/C21H16N4O4/c1-13-16(20(28)25(23-13)15-10-6-3-7-11-15)12-17-18(26)22-21(29)24(19(17)27)14-8-4-2-5-9-14/h2-12,16H,1H3,(H,22,26,29)/b17-12+/t16-/m0/s1. The molecule has 1 saturated heterocycles. The van der Waals surface area contributed by atoms with E-state index in [1.165, 1.54) is 11.1 Å². The molecule has 2 aliphatic heterocycles. The van der Waals surface area contributed by atoms with Crippen LogP contribution in [0.25, 0.3) is 0 Å². The van der Waals surface area contributed by atoms with Gasteiger partial charge in [0.2, 0.25) is 0 Å². The summed E-state index contributed by atoms with van der Waals surface area (Å²) in [6, 6.07) is 16.3. The predicted molar refractivity (Wildman–Crippen MR) is 106 cm³/mol. The third kappa shape index (κ3) is 3.20. The number of hydrogen-bond donors (Lipinski definition) is 1. The SMILES string of the molecule is CC1=NN(c2ccccc2)C(=O)[C@H]1/C=C1\C(=O)NC(=O)N(c2ccccc2)C1=O. The number of carbonyl (C=O) groups excluding carboxylic acids is 4. The Bertz CT molecular complexity index is 1080. The van der Waals surface area contributed by atoms with Crippen LogP contribution in [-0.2, 0) is 14.4 Å². The van der Waals surface area contributed by atoms with Crippen molar-refractivity contribution in [1.29, 1.82) is 0 Å². The van der Waals surface area contributed by atoms with Gasteiger partial charge in [-0.25, -0.2) is 9.69 Å². The quantitative estimate of drug-likeness (QED) is 0.644. The molecule has 1 fully saturated rings. The van der Waals surface area contributed by atoms with E-state index in [-0.39, 0.29) is 11.5 Å². The van der Waals surface area contributed by atoms with Crippen LogP contribution in [-0.4, -0.2) is 29.5 Å². The van der Waals surface area contributed by atoms with Crippen molar-refractivity contribution in [3.63, 3.8) is 0 Å². The van der Waals surface area contributed by atoms with Crippen molar-refractivity contribution in [3.05, 3.63) is 72.3 Å². The molecule has 2 heterocycles. The fraction of sp³-hybridized carbons (Fsp3) is 0.0952. The first kappa shape index (κ1) is 18.3. The van der Waals surface area contributed by atoms with Gasteiger partial charge < -0.3 is 0 Å². The Labute approximate surface area is 166 Å². The summed E-state index contributed by atoms with van der Waals surface area (Å²) in [6.45, 7) is 1.65. The topological polar surface area (TPSA) is 99.2 Å². The molecule has 144 valence electrons. The van der Waals surface area contributed by atoms with Crippen molar-refractivity contribution in [1.82, 2.24) is 5.32 Å². The van der Waals surface area contributed by atoms with Crippen LogP contribution in [0.3, 0.4) is 0 Å². The Morgan fingerprint density at radius 1 is 0.897 bits per heavy atom. The Morgan fingerprint density at radius 2 is 1.48 bits per heavy atom. The lowest BCUT2D eigenvalue weighted by molar-refractivity contribution is -0.122. The Morgan fingerprint density at radius 3 is 2.10 bits per heavy atom. The van der Waals surface area contributed by atoms with E-state index in [0.717, 1.165) is 4.90 Å². The number of nitrogens with one attached hydrogen (secondary N) is 1. The molecule has 2 aromatic rings. The van der Waals surface area contributed by atoms with Crippen LogP contribution < -0.4 is 15.2 Å². The van der Waals surface area contributed by atoms with E-state index in [4.69, 9.17) is 0 Å². The normalized spacial score (nSPS) is 20.9. The van der Waals surface area contributed by atoms with Gasteiger partial charge in [0, 0.05) is 0 Å². The fourth-order valence-corrected chi connectivity index (χ4v) is 3.18. The van der Waals surface area contributed by atoms with E-state index in [0.29, 0.717) is 17.1 Å². The summed E-state index contributed by atoms with van der Waals surface area (Å²) in [5.74, 6) is -2.90. The second-order valence-electron chi connectivity index (χ2n) is 6.52. The molecule has 8 heteroatoms. The van der Waals surface area contributed by atoms with Gasteiger partial charge in [0.1, 0.15) is 5.57 Å². The second-order valence-corrected chi connectivity index (χ2v) is 6.52. The summed E-state index contributed by atoms with van der Waals surface area (Å²) in [6.07, 6.45) is 1.27. The number of imide groups is 2. The third-order valence-electron chi connectivity index (χ3n) is 4.63. The van der Waals surface area contributed by atoms with Crippen LogP contribution >= 0.6 is 0 Å². The number of nitrogens with zero attached hydrogens (tertiary/aromatic N) is 3. The lowest BCUT2D eigenvalue weighted by atomic mass is 9.98. The van der Waals surface area contributed by atoms with Crippen LogP contribution in [0.5, 0.6) is 0 Å². The molecule has 1 atom stereocenters. The van der Waals surface area contributed by atoms with Crippen molar-refractivity contribution >= 4 is 40.8 Å². The molecular formula is C21H16N4O4. The summed E-state index contributed by atoms with van der Waals surface area (Å²) in [7, 11) is 0. The van der Waals surface area contributed by atoms with Crippen LogP contribution in [0.4, 0.5) is 16.2 Å². The lowest BCUT2D eigenvalue weighted by Crippen LogP contribution is -2.54. The minimum atomic E-state index is -0.884. The van der Waals surface area contributed by atoms with E-state index in [1.807, 2.05) is 6.07 Å². The number of urea groups is 1. The summed E-state index contributed by atoms with van der Waals surface area (Å²) >= 11 is 0. The molecule has 5 amide bonds. The number of amides is 5. The van der Waals surface area contributed by atoms with Gasteiger partial charge >= 0.3 is 6.03 Å². The average Bonchev–Trinajstić information content (AvgIpc) is 3.00. The van der Waals surface area contributed by atoms with Crippen LogP contribution in [0.15, 0.2) is 77.4 Å². The molecule has 0 aromatic heterocycles. The molecule has 4 rings (SSSR count). The minimum Gasteiger partial charge on any atom is -0.273 e. The summed E-state index contributed by atoms with van der Waals surface area (Å²) < 4.78 is 0. The van der Waals surface area contributed by atoms with E-state index < -0.39 is 23.8 Å². The maximum Gasteiger partial charge on any atom is 0.335 e. The van der Waals surface area contributed by atoms with Gasteiger partial charge in [-0.15, -0.1) is 0 Å². The molecule has 2 aromatic carbocycles. The molecule has 0 spiro atoms. The molecule has 0 bridgehead atoms. The van der Waals surface area contributed by atoms with E-state index in [9.17, 15) is 19.2 Å². The highest BCUT2D eigenvalue weighted by Gasteiger charge is 2.40. The van der Waals surface area contributed by atoms with Gasteiger partial charge in [0.25, 0.3) is 17.7 Å². The highest BCUT2D eigenvalue weighted by molar-refractivity contribution is 6.38. The first-order valence-electron chi connectivity index (χ1n) is 8.88. The van der Waals surface area contributed by atoms with Crippen molar-refractivity contribution in [3.8, 4) is 0 Å². The molecule has 0 radical (unpaired) electrons. The van der Waals surface area contributed by atoms with Crippen LogP contribution in [0.1, 0.15) is 6.92 Å². The van der Waals surface area contributed by atoms with Crippen molar-refractivity contribution in [2.24, 2.45) is 11.0 Å². The van der Waals surface area contributed by atoms with Crippen LogP contribution in [0.2, 0.25) is 0 Å². The predicted octanol–water partition coefficient (Wildman–Crippen LogP) is 2.23. The van der Waals surface area contributed by atoms with Gasteiger partial charge in [0.15, 0.2) is 0 Å². The summed E-state index contributed by atoms with van der Waals surface area (Å²) in [5.41, 5.74) is 1.06. The van der Waals surface area contributed by atoms with Gasteiger partial charge in [-0.05, 0) is 37.3 Å². The Kier molecular flexibility index (Phi) is 4.52. The number of barbiturate groups is 1. The van der Waals surface area contributed by atoms with Crippen molar-refractivity contribution in [2.75, 3.05) is 9.91 Å². The van der Waals surface area contributed by atoms with E-state index in [1.54, 1.807) is 61.5 Å². The lowest BCUT2D eigenvalue weighted by Gasteiger charge is -2.26. The van der Waals surface area contributed by atoms with Crippen molar-refractivity contribution in [2.45, 2.75) is 6.92 Å². The number of hydrogen-bond acceptors (Lipinski definition) is 5. The second kappa shape index (κ2) is 7.16. The Hall–Kier alpha value is -4.07. The highest BCUT2D eigenvalue weighted by atomic mass is 16.2. The molecule has 0 saturated carbocycles. The first-order valence-corrected chi connectivity index (χ1v) is 8.88. The number of benzene rings is 2.